The van der Waals surface area contributed by atoms with E-state index in [0.29, 0.717) is 32.7 Å². The van der Waals surface area contributed by atoms with Crippen LogP contribution in [0, 0.1) is 0 Å². The lowest BCUT2D eigenvalue weighted by atomic mass is 10.2. The Morgan fingerprint density at radius 3 is 2.79 bits per heavy atom. The number of ether oxygens (including phenoxy) is 3. The van der Waals surface area contributed by atoms with Gasteiger partial charge in [0, 0.05) is 5.56 Å². The Kier molecular flexibility index (Phi) is 3.67. The first-order chi connectivity index (χ1) is 11.6. The van der Waals surface area contributed by atoms with Gasteiger partial charge in [-0.25, -0.2) is 9.79 Å². The Morgan fingerprint density at radius 2 is 1.92 bits per heavy atom. The third-order valence-corrected chi connectivity index (χ3v) is 4.35. The molecule has 2 aliphatic rings. The highest BCUT2D eigenvalue weighted by atomic mass is 35.5. The molecule has 7 heteroatoms. The number of hydrogen-bond donors (Lipinski definition) is 0. The summed E-state index contributed by atoms with van der Waals surface area (Å²) in [4.78, 5) is 16.3. The first kappa shape index (κ1) is 15.1. The number of carbonyl (C=O) groups excluding carboxylic acids is 1. The van der Waals surface area contributed by atoms with Crippen molar-refractivity contribution in [3.05, 3.63) is 63.3 Å². The van der Waals surface area contributed by atoms with Crippen molar-refractivity contribution in [3.8, 4) is 11.5 Å². The van der Waals surface area contributed by atoms with Gasteiger partial charge in [0.25, 0.3) is 0 Å². The minimum absolute atomic E-state index is 0.145. The molecule has 0 aliphatic carbocycles. The van der Waals surface area contributed by atoms with Crippen molar-refractivity contribution in [2.24, 2.45) is 4.99 Å². The normalized spacial score (nSPS) is 17.2. The quantitative estimate of drug-likeness (QED) is 0.597. The zero-order valence-electron chi connectivity index (χ0n) is 12.1. The highest BCUT2D eigenvalue weighted by molar-refractivity contribution is 6.43. The van der Waals surface area contributed by atoms with Gasteiger partial charge in [-0.2, -0.15) is 0 Å². The van der Waals surface area contributed by atoms with Crippen LogP contribution in [0.4, 0.5) is 0 Å². The molecule has 0 aromatic heterocycles. The molecule has 24 heavy (non-hydrogen) atoms. The summed E-state index contributed by atoms with van der Waals surface area (Å²) in [6.45, 7) is 0.170. The third kappa shape index (κ3) is 2.62. The van der Waals surface area contributed by atoms with Gasteiger partial charge >= 0.3 is 5.97 Å². The fraction of sp³-hybridized carbons (Fsp3) is 0.0588. The average molecular weight is 362 g/mol. The van der Waals surface area contributed by atoms with Crippen molar-refractivity contribution < 1.29 is 19.0 Å². The standard InChI is InChI=1S/C17H9Cl2NO4/c18-11-3-1-2-9(15(11)19)6-12-17(21)24-16(20-12)10-4-5-13-14(7-10)23-8-22-13/h1-7H,8H2/b12-6-. The van der Waals surface area contributed by atoms with Crippen LogP contribution in [0.3, 0.4) is 0 Å². The highest BCUT2D eigenvalue weighted by Crippen LogP contribution is 2.34. The molecule has 0 fully saturated rings. The number of halogens is 2. The van der Waals surface area contributed by atoms with Crippen molar-refractivity contribution >= 4 is 41.1 Å². The van der Waals surface area contributed by atoms with E-state index in [1.165, 1.54) is 6.08 Å². The Labute approximate surface area is 147 Å². The molecule has 5 nitrogen and oxygen atoms in total. The smallest absolute Gasteiger partial charge is 0.363 e. The second-order valence-electron chi connectivity index (χ2n) is 5.05. The molecular weight excluding hydrogens is 353 g/mol. The molecule has 120 valence electrons. The molecule has 0 saturated carbocycles. The van der Waals surface area contributed by atoms with Gasteiger partial charge in [-0.15, -0.1) is 0 Å². The molecule has 0 N–H and O–H groups in total. The van der Waals surface area contributed by atoms with E-state index in [1.54, 1.807) is 36.4 Å². The molecule has 0 amide bonds. The summed E-state index contributed by atoms with van der Waals surface area (Å²) in [7, 11) is 0. The van der Waals surface area contributed by atoms with Crippen LogP contribution in [0.25, 0.3) is 6.08 Å². The summed E-state index contributed by atoms with van der Waals surface area (Å²) in [6.07, 6.45) is 1.54. The lowest BCUT2D eigenvalue weighted by Gasteiger charge is -2.01. The fourth-order valence-electron chi connectivity index (χ4n) is 2.34. The van der Waals surface area contributed by atoms with Gasteiger partial charge in [0.2, 0.25) is 12.7 Å². The fourth-order valence-corrected chi connectivity index (χ4v) is 2.70. The Bertz CT molecular complexity index is 921. The molecule has 2 heterocycles. The maximum atomic E-state index is 12.1. The third-order valence-electron chi connectivity index (χ3n) is 3.51. The minimum Gasteiger partial charge on any atom is -0.454 e. The van der Waals surface area contributed by atoms with Crippen LogP contribution in [0.1, 0.15) is 11.1 Å². The number of aliphatic imine (C=N–C) groups is 1. The van der Waals surface area contributed by atoms with Crippen LogP contribution >= 0.6 is 23.2 Å². The monoisotopic (exact) mass is 361 g/mol. The zero-order chi connectivity index (χ0) is 16.7. The van der Waals surface area contributed by atoms with E-state index in [0.717, 1.165) is 0 Å². The van der Waals surface area contributed by atoms with E-state index < -0.39 is 5.97 Å². The van der Waals surface area contributed by atoms with E-state index in [-0.39, 0.29) is 18.4 Å². The van der Waals surface area contributed by atoms with Gasteiger partial charge in [-0.05, 0) is 35.9 Å². The van der Waals surface area contributed by atoms with Gasteiger partial charge in [-0.1, -0.05) is 35.3 Å². The number of hydrogen-bond acceptors (Lipinski definition) is 5. The molecule has 0 spiro atoms. The van der Waals surface area contributed by atoms with Crippen LogP contribution in [0.5, 0.6) is 11.5 Å². The Hall–Kier alpha value is -2.50. The number of fused-ring (bicyclic) bond motifs is 1. The second kappa shape index (κ2) is 5.85. The number of esters is 1. The number of cyclic esters (lactones) is 1. The van der Waals surface area contributed by atoms with Gasteiger partial charge in [0.15, 0.2) is 17.2 Å². The van der Waals surface area contributed by atoms with Crippen molar-refractivity contribution in [3.63, 3.8) is 0 Å². The summed E-state index contributed by atoms with van der Waals surface area (Å²) in [5, 5.41) is 0.753. The number of nitrogens with zero attached hydrogens (tertiary/aromatic N) is 1. The van der Waals surface area contributed by atoms with Gasteiger partial charge < -0.3 is 14.2 Å². The topological polar surface area (TPSA) is 57.1 Å². The predicted octanol–water partition coefficient (Wildman–Crippen LogP) is 4.07. The van der Waals surface area contributed by atoms with Gasteiger partial charge in [0.1, 0.15) is 0 Å². The molecule has 0 saturated heterocycles. The van der Waals surface area contributed by atoms with Gasteiger partial charge in [-0.3, -0.25) is 0 Å². The largest absolute Gasteiger partial charge is 0.454 e. The van der Waals surface area contributed by atoms with E-state index in [4.69, 9.17) is 37.4 Å². The first-order valence-corrected chi connectivity index (χ1v) is 7.74. The highest BCUT2D eigenvalue weighted by Gasteiger charge is 2.26. The molecule has 0 atom stereocenters. The van der Waals surface area contributed by atoms with Crippen molar-refractivity contribution in [1.29, 1.82) is 0 Å². The minimum atomic E-state index is -0.557. The lowest BCUT2D eigenvalue weighted by molar-refractivity contribution is -0.129. The molecule has 2 aliphatic heterocycles. The molecule has 0 unspecified atom stereocenters. The number of carbonyl (C=O) groups is 1. The van der Waals surface area contributed by atoms with E-state index >= 15 is 0 Å². The second-order valence-corrected chi connectivity index (χ2v) is 5.83. The van der Waals surface area contributed by atoms with Crippen LogP contribution in [-0.2, 0) is 9.53 Å². The summed E-state index contributed by atoms with van der Waals surface area (Å²) in [6, 6.07) is 10.3. The Balaban J connectivity index is 1.70. The molecule has 4 rings (SSSR count). The SMILES string of the molecule is O=C1OC(c2ccc3c(c2)OCO3)=N/C1=C\c1cccc(Cl)c1Cl. The predicted molar refractivity (Wildman–Crippen MR) is 89.6 cm³/mol. The maximum absolute atomic E-state index is 12.1. The van der Waals surface area contributed by atoms with E-state index in [2.05, 4.69) is 4.99 Å². The van der Waals surface area contributed by atoms with Crippen LogP contribution < -0.4 is 9.47 Å². The van der Waals surface area contributed by atoms with Crippen LogP contribution in [-0.4, -0.2) is 18.7 Å². The lowest BCUT2D eigenvalue weighted by Crippen LogP contribution is -2.05. The van der Waals surface area contributed by atoms with Gasteiger partial charge in [0.05, 0.1) is 10.0 Å². The molecule has 2 aromatic carbocycles. The maximum Gasteiger partial charge on any atom is 0.363 e. The number of rotatable bonds is 2. The molecule has 0 radical (unpaired) electrons. The summed E-state index contributed by atoms with van der Waals surface area (Å²) in [5.41, 5.74) is 1.35. The van der Waals surface area contributed by atoms with Crippen molar-refractivity contribution in [1.82, 2.24) is 0 Å². The van der Waals surface area contributed by atoms with Crippen molar-refractivity contribution in [2.75, 3.05) is 6.79 Å². The molecular formula is C17H9Cl2NO4. The van der Waals surface area contributed by atoms with E-state index in [9.17, 15) is 4.79 Å². The number of benzene rings is 2. The van der Waals surface area contributed by atoms with Crippen LogP contribution in [0.15, 0.2) is 47.1 Å². The van der Waals surface area contributed by atoms with Crippen LogP contribution in [0.2, 0.25) is 10.0 Å². The summed E-state index contributed by atoms with van der Waals surface area (Å²) < 4.78 is 15.8. The molecule has 0 bridgehead atoms. The van der Waals surface area contributed by atoms with E-state index in [1.807, 2.05) is 0 Å². The zero-order valence-corrected chi connectivity index (χ0v) is 13.6. The average Bonchev–Trinajstić information content (AvgIpc) is 3.18. The first-order valence-electron chi connectivity index (χ1n) is 6.98. The van der Waals surface area contributed by atoms with Crippen molar-refractivity contribution in [2.45, 2.75) is 0 Å². The summed E-state index contributed by atoms with van der Waals surface area (Å²) in [5.74, 6) is 0.869. The summed E-state index contributed by atoms with van der Waals surface area (Å²) >= 11 is 12.1. The molecule has 2 aromatic rings. The Morgan fingerprint density at radius 1 is 1.08 bits per heavy atom.